The summed E-state index contributed by atoms with van der Waals surface area (Å²) in [7, 11) is 4.83. The lowest BCUT2D eigenvalue weighted by molar-refractivity contribution is 0.0223. The van der Waals surface area contributed by atoms with E-state index in [-0.39, 0.29) is 11.4 Å². The molecule has 0 radical (unpaired) electrons. The van der Waals surface area contributed by atoms with Crippen LogP contribution in [0.1, 0.15) is 87.7 Å². The summed E-state index contributed by atoms with van der Waals surface area (Å²) in [5.41, 5.74) is 7.38. The van der Waals surface area contributed by atoms with Gasteiger partial charge in [-0.1, -0.05) is 58.7 Å². The lowest BCUT2D eigenvalue weighted by Crippen LogP contribution is -2.51. The first-order valence-electron chi connectivity index (χ1n) is 14.5. The molecule has 2 aliphatic heterocycles. The molecule has 2 fully saturated rings. The molecule has 1 amide bonds. The van der Waals surface area contributed by atoms with E-state index in [4.69, 9.17) is 9.47 Å². The molecule has 0 atom stereocenters. The Morgan fingerprint density at radius 2 is 1.45 bits per heavy atom. The number of ether oxygens (including phenoxy) is 2. The Morgan fingerprint density at radius 3 is 1.95 bits per heavy atom. The van der Waals surface area contributed by atoms with E-state index in [1.54, 1.807) is 14.2 Å². The van der Waals surface area contributed by atoms with E-state index in [9.17, 15) is 4.79 Å². The molecule has 0 bridgehead atoms. The van der Waals surface area contributed by atoms with E-state index >= 15 is 0 Å². The standard InChI is InChI=1S/C25H30N2O3.C4H10.C2H6.CH5N/c1-29-20-7-5-19(6-8-20)17-27-24(28)22-15-21(30-2)9-10-23(22)25(27)11-13-26(14-12-25)16-18-3-4-18;1-3-4-2;2*1-2/h5-10,15,18H,3-4,11-14,16-17H2,1-2H3;3-4H2,1-2H3;1-2H3;2H2,1H3. The summed E-state index contributed by atoms with van der Waals surface area (Å²) in [6, 6.07) is 14.1. The molecular formula is C32H51N3O3. The zero-order valence-corrected chi connectivity index (χ0v) is 24.9. The smallest absolute Gasteiger partial charge is 0.255 e. The Kier molecular flexibility index (Phi) is 13.1. The van der Waals surface area contributed by atoms with Crippen molar-refractivity contribution in [3.05, 3.63) is 59.2 Å². The molecule has 6 nitrogen and oxygen atoms in total. The van der Waals surface area contributed by atoms with E-state index in [2.05, 4.69) is 47.6 Å². The Balaban J connectivity index is 0.000000571. The fourth-order valence-corrected chi connectivity index (χ4v) is 5.17. The van der Waals surface area contributed by atoms with Gasteiger partial charge in [0.15, 0.2) is 0 Å². The van der Waals surface area contributed by atoms with Crippen molar-refractivity contribution in [1.82, 2.24) is 9.80 Å². The minimum Gasteiger partial charge on any atom is -0.497 e. The Morgan fingerprint density at radius 1 is 0.895 bits per heavy atom. The highest BCUT2D eigenvalue weighted by atomic mass is 16.5. The van der Waals surface area contributed by atoms with Crippen molar-refractivity contribution in [1.29, 1.82) is 0 Å². The van der Waals surface area contributed by atoms with Crippen molar-refractivity contribution in [2.24, 2.45) is 11.7 Å². The molecule has 2 aromatic rings. The maximum Gasteiger partial charge on any atom is 0.255 e. The van der Waals surface area contributed by atoms with Crippen molar-refractivity contribution < 1.29 is 14.3 Å². The van der Waals surface area contributed by atoms with Crippen LogP contribution in [0.5, 0.6) is 11.5 Å². The summed E-state index contributed by atoms with van der Waals surface area (Å²) in [5, 5.41) is 0. The molecule has 6 heteroatoms. The number of hydrogen-bond donors (Lipinski definition) is 1. The van der Waals surface area contributed by atoms with Crippen LogP contribution in [-0.2, 0) is 12.1 Å². The van der Waals surface area contributed by atoms with Crippen LogP contribution < -0.4 is 15.2 Å². The first-order chi connectivity index (χ1) is 18.5. The van der Waals surface area contributed by atoms with Crippen molar-refractivity contribution in [3.63, 3.8) is 0 Å². The first-order valence-corrected chi connectivity index (χ1v) is 14.5. The van der Waals surface area contributed by atoms with Crippen molar-refractivity contribution >= 4 is 5.91 Å². The summed E-state index contributed by atoms with van der Waals surface area (Å²) in [5.74, 6) is 2.60. The predicted octanol–water partition coefficient (Wildman–Crippen LogP) is 6.47. The summed E-state index contributed by atoms with van der Waals surface area (Å²) < 4.78 is 10.7. The molecule has 2 N–H and O–H groups in total. The third kappa shape index (κ3) is 7.51. The van der Waals surface area contributed by atoms with Gasteiger partial charge >= 0.3 is 0 Å². The Bertz CT molecular complexity index is 962. The number of likely N-dealkylation sites (tertiary alicyclic amines) is 1. The quantitative estimate of drug-likeness (QED) is 0.449. The third-order valence-corrected chi connectivity index (χ3v) is 7.62. The second-order valence-electron chi connectivity index (χ2n) is 9.93. The van der Waals surface area contributed by atoms with Crippen molar-refractivity contribution in [3.8, 4) is 11.5 Å². The minimum atomic E-state index is -0.224. The first kappa shape index (κ1) is 31.6. The van der Waals surface area contributed by atoms with Gasteiger partial charge in [0.05, 0.1) is 19.8 Å². The van der Waals surface area contributed by atoms with Gasteiger partial charge in [0.2, 0.25) is 0 Å². The van der Waals surface area contributed by atoms with E-state index < -0.39 is 0 Å². The van der Waals surface area contributed by atoms with Gasteiger partial charge in [0.1, 0.15) is 11.5 Å². The zero-order valence-electron chi connectivity index (χ0n) is 24.9. The number of carbonyl (C=O) groups excluding carboxylic acids is 1. The van der Waals surface area contributed by atoms with Crippen LogP contribution >= 0.6 is 0 Å². The van der Waals surface area contributed by atoms with Crippen LogP contribution in [-0.4, -0.2) is 56.6 Å². The SMILES string of the molecule is CC.CCCC.CN.COc1ccc(CN2C(=O)c3cc(OC)ccc3C23CCN(CC2CC2)CC3)cc1. The Hall–Kier alpha value is -2.57. The van der Waals surface area contributed by atoms with Gasteiger partial charge in [-0.2, -0.15) is 0 Å². The number of methoxy groups -OCH3 is 2. The largest absolute Gasteiger partial charge is 0.497 e. The number of carbonyl (C=O) groups is 1. The minimum absolute atomic E-state index is 0.121. The average Bonchev–Trinajstić information content (AvgIpc) is 3.79. The van der Waals surface area contributed by atoms with Gasteiger partial charge < -0.3 is 25.0 Å². The van der Waals surface area contributed by atoms with Crippen molar-refractivity contribution in [2.45, 2.75) is 78.3 Å². The fraction of sp³-hybridized carbons (Fsp3) is 0.594. The normalized spacial score (nSPS) is 17.3. The van der Waals surface area contributed by atoms with Crippen molar-refractivity contribution in [2.75, 3.05) is 40.9 Å². The second kappa shape index (κ2) is 15.7. The molecule has 2 aromatic carbocycles. The molecule has 1 aliphatic carbocycles. The van der Waals surface area contributed by atoms with E-state index in [1.807, 2.05) is 38.1 Å². The van der Waals surface area contributed by atoms with Gasteiger partial charge in [-0.15, -0.1) is 0 Å². The maximum atomic E-state index is 13.6. The number of nitrogens with zero attached hydrogens (tertiary/aromatic N) is 2. The number of hydrogen-bond acceptors (Lipinski definition) is 5. The molecular weight excluding hydrogens is 474 g/mol. The molecule has 2 heterocycles. The fourth-order valence-electron chi connectivity index (χ4n) is 5.17. The zero-order chi connectivity index (χ0) is 28.1. The van der Waals surface area contributed by atoms with Crippen LogP contribution in [0.25, 0.3) is 0 Å². The van der Waals surface area contributed by atoms with Gasteiger partial charge in [-0.05, 0) is 74.0 Å². The molecule has 0 aromatic heterocycles. The molecule has 1 saturated carbocycles. The van der Waals surface area contributed by atoms with Crippen LogP contribution in [0.3, 0.4) is 0 Å². The predicted molar refractivity (Wildman–Crippen MR) is 158 cm³/mol. The number of unbranched alkanes of at least 4 members (excludes halogenated alkanes) is 1. The van der Waals surface area contributed by atoms with E-state index in [0.717, 1.165) is 54.5 Å². The summed E-state index contributed by atoms with van der Waals surface area (Å²) >= 11 is 0. The molecule has 1 spiro atoms. The lowest BCUT2D eigenvalue weighted by atomic mass is 9.80. The number of benzene rings is 2. The topological polar surface area (TPSA) is 68.0 Å². The van der Waals surface area contributed by atoms with Crippen LogP contribution in [0, 0.1) is 5.92 Å². The summed E-state index contributed by atoms with van der Waals surface area (Å²) in [6.45, 7) is 12.3. The molecule has 3 aliphatic rings. The molecule has 5 rings (SSSR count). The highest BCUT2D eigenvalue weighted by Gasteiger charge is 2.51. The summed E-state index contributed by atoms with van der Waals surface area (Å²) in [6.07, 6.45) is 7.38. The van der Waals surface area contributed by atoms with E-state index in [0.29, 0.717) is 6.54 Å². The number of rotatable bonds is 7. The van der Waals surface area contributed by atoms with Crippen LogP contribution in [0.15, 0.2) is 42.5 Å². The second-order valence-corrected chi connectivity index (χ2v) is 9.93. The number of piperidine rings is 1. The van der Waals surface area contributed by atoms with Gasteiger partial charge in [0, 0.05) is 31.7 Å². The number of fused-ring (bicyclic) bond motifs is 2. The van der Waals surface area contributed by atoms with Crippen LogP contribution in [0.4, 0.5) is 0 Å². The molecule has 212 valence electrons. The molecule has 0 unspecified atom stereocenters. The Labute approximate surface area is 231 Å². The molecule has 38 heavy (non-hydrogen) atoms. The monoisotopic (exact) mass is 525 g/mol. The van der Waals surface area contributed by atoms with E-state index in [1.165, 1.54) is 44.8 Å². The average molecular weight is 526 g/mol. The lowest BCUT2D eigenvalue weighted by Gasteiger charge is -2.45. The van der Waals surface area contributed by atoms with Gasteiger partial charge in [-0.25, -0.2) is 0 Å². The molecule has 1 saturated heterocycles. The van der Waals surface area contributed by atoms with Gasteiger partial charge in [0.25, 0.3) is 5.91 Å². The maximum absolute atomic E-state index is 13.6. The third-order valence-electron chi connectivity index (χ3n) is 7.62. The highest BCUT2D eigenvalue weighted by molar-refractivity contribution is 6.00. The number of amides is 1. The highest BCUT2D eigenvalue weighted by Crippen LogP contribution is 2.48. The number of nitrogens with two attached hydrogens (primary N) is 1. The van der Waals surface area contributed by atoms with Gasteiger partial charge in [-0.3, -0.25) is 4.79 Å². The van der Waals surface area contributed by atoms with Crippen LogP contribution in [0.2, 0.25) is 0 Å². The summed E-state index contributed by atoms with van der Waals surface area (Å²) in [4.78, 5) is 18.3.